The highest BCUT2D eigenvalue weighted by atomic mass is 32.1. The fourth-order valence-electron chi connectivity index (χ4n) is 6.54. The van der Waals surface area contributed by atoms with E-state index in [9.17, 15) is 0 Å². The van der Waals surface area contributed by atoms with Crippen LogP contribution in [-0.4, -0.2) is 20.3 Å². The van der Waals surface area contributed by atoms with E-state index in [0.717, 1.165) is 44.7 Å². The van der Waals surface area contributed by atoms with Gasteiger partial charge in [-0.3, -0.25) is 0 Å². The number of anilines is 3. The summed E-state index contributed by atoms with van der Waals surface area (Å²) in [6.07, 6.45) is 0. The minimum absolute atomic E-state index is 0.00402. The summed E-state index contributed by atoms with van der Waals surface area (Å²) in [5, 5.41) is 9.45. The van der Waals surface area contributed by atoms with Crippen LogP contribution in [0, 0.1) is 0 Å². The summed E-state index contributed by atoms with van der Waals surface area (Å²) in [7, 11) is 0. The van der Waals surface area contributed by atoms with E-state index in [-0.39, 0.29) is 17.1 Å². The number of benzene rings is 5. The molecule has 204 valence electrons. The van der Waals surface area contributed by atoms with Crippen LogP contribution in [-0.2, 0) is 5.41 Å². The molecule has 0 spiro atoms. The Bertz CT molecular complexity index is 2250. The van der Waals surface area contributed by atoms with E-state index in [1.54, 1.807) is 0 Å². The van der Waals surface area contributed by atoms with Crippen molar-refractivity contribution in [2.45, 2.75) is 26.2 Å². The van der Waals surface area contributed by atoms with Crippen molar-refractivity contribution in [2.75, 3.05) is 4.90 Å². The average Bonchev–Trinajstić information content (AvgIpc) is 3.31. The molecule has 8 rings (SSSR count). The Labute approximate surface area is 259 Å². The first-order valence-corrected chi connectivity index (χ1v) is 14.8. The van der Waals surface area contributed by atoms with Crippen LogP contribution >= 0.6 is 24.4 Å². The van der Waals surface area contributed by atoms with Crippen LogP contribution < -0.4 is 4.90 Å². The zero-order valence-electron chi connectivity index (χ0n) is 23.6. The van der Waals surface area contributed by atoms with Gasteiger partial charge in [0.15, 0.2) is 0 Å². The molecule has 0 amide bonds. The molecule has 2 aliphatic rings. The Kier molecular flexibility index (Phi) is 5.58. The van der Waals surface area contributed by atoms with Gasteiger partial charge in [0.25, 0.3) is 0 Å². The van der Waals surface area contributed by atoms with Crippen molar-refractivity contribution < 1.29 is 0 Å². The molecule has 2 heterocycles. The highest BCUT2D eigenvalue weighted by molar-refractivity contribution is 7.78. The van der Waals surface area contributed by atoms with Crippen molar-refractivity contribution in [1.29, 1.82) is 0 Å². The summed E-state index contributed by atoms with van der Waals surface area (Å²) < 4.78 is 0. The minimum atomic E-state index is -0.00402. The molecule has 0 N–H and O–H groups in total. The van der Waals surface area contributed by atoms with E-state index in [1.165, 1.54) is 33.2 Å². The molecule has 0 bridgehead atoms. The monoisotopic (exact) mass is 589 g/mol. The summed E-state index contributed by atoms with van der Waals surface area (Å²) >= 11 is 9.74. The van der Waals surface area contributed by atoms with Crippen LogP contribution in [0.15, 0.2) is 94.9 Å². The second-order valence-electron chi connectivity index (χ2n) is 11.8. The van der Waals surface area contributed by atoms with Gasteiger partial charge in [-0.1, -0.05) is 81.4 Å². The molecule has 5 aromatic carbocycles. The highest BCUT2D eigenvalue weighted by Gasteiger charge is 2.32. The van der Waals surface area contributed by atoms with Gasteiger partial charge in [-0.15, -0.1) is 0 Å². The second-order valence-corrected chi connectivity index (χ2v) is 12.2. The molecule has 1 aliphatic carbocycles. The maximum absolute atomic E-state index is 4.87. The average molecular weight is 590 g/mol. The molecule has 0 unspecified atom stereocenters. The molecular weight excluding hydrogens is 567 g/mol. The van der Waals surface area contributed by atoms with Crippen LogP contribution in [0.5, 0.6) is 0 Å². The third-order valence-electron chi connectivity index (χ3n) is 8.45. The van der Waals surface area contributed by atoms with Crippen LogP contribution in [0.2, 0.25) is 0 Å². The van der Waals surface area contributed by atoms with Crippen LogP contribution in [0.25, 0.3) is 55.2 Å². The molecule has 5 nitrogen and oxygen atoms in total. The van der Waals surface area contributed by atoms with E-state index >= 15 is 0 Å². The molecule has 0 fully saturated rings. The van der Waals surface area contributed by atoms with Gasteiger partial charge < -0.3 is 4.90 Å². The van der Waals surface area contributed by atoms with Crippen molar-refractivity contribution in [1.82, 2.24) is 9.97 Å². The minimum Gasteiger partial charge on any atom is -0.309 e. The third-order valence-corrected chi connectivity index (χ3v) is 8.63. The number of rotatable bonds is 3. The van der Waals surface area contributed by atoms with Crippen LogP contribution in [0.4, 0.5) is 28.7 Å². The number of hydrogen-bond acceptors (Lipinski definition) is 7. The molecule has 0 saturated carbocycles. The number of isothiocyanates is 2. The zero-order chi connectivity index (χ0) is 29.5. The standard InChI is InChI=1S/C36H23N5S2/c1-36(2,3)21-13-14-22-23-9-4-7-20-8-5-12-28(30(20)23)41(29(22)17-21)27-16-15-26-31-24(27)10-6-11-25(31)32-33(26)40-35(38-19-43)34(39-32)37-18-42/h4-17H,1-3H3. The van der Waals surface area contributed by atoms with Crippen molar-refractivity contribution in [3.8, 4) is 33.6 Å². The smallest absolute Gasteiger partial charge is 0.209 e. The Balaban J connectivity index is 1.45. The first-order chi connectivity index (χ1) is 20.9. The lowest BCUT2D eigenvalue weighted by atomic mass is 9.83. The zero-order valence-corrected chi connectivity index (χ0v) is 25.3. The molecule has 7 heteroatoms. The summed E-state index contributed by atoms with van der Waals surface area (Å²) in [6.45, 7) is 6.78. The Morgan fingerprint density at radius 1 is 0.628 bits per heavy atom. The lowest BCUT2D eigenvalue weighted by Gasteiger charge is -2.35. The van der Waals surface area contributed by atoms with Gasteiger partial charge in [0.1, 0.15) is 0 Å². The van der Waals surface area contributed by atoms with Crippen molar-refractivity contribution in [3.63, 3.8) is 0 Å². The third kappa shape index (κ3) is 3.70. The number of thiocarbonyl (C=S) groups is 2. The number of hydrogen-bond donors (Lipinski definition) is 0. The molecule has 0 atom stereocenters. The summed E-state index contributed by atoms with van der Waals surface area (Å²) in [4.78, 5) is 20.3. The SMILES string of the molecule is CC(C)(C)c1ccc2c(c1)N(c1ccc3c4c(cccc14)-c1nc(N=C=S)c(N=C=S)nc1-3)c1cccc3cccc-2c13. The topological polar surface area (TPSA) is 53.7 Å². The van der Waals surface area contributed by atoms with E-state index in [1.807, 2.05) is 0 Å². The molecule has 0 saturated heterocycles. The van der Waals surface area contributed by atoms with Gasteiger partial charge in [0.2, 0.25) is 11.6 Å². The quantitative estimate of drug-likeness (QED) is 0.152. The fraction of sp³-hybridized carbons (Fsp3) is 0.111. The number of aromatic nitrogens is 2. The molecular formula is C36H23N5S2. The van der Waals surface area contributed by atoms with Gasteiger partial charge in [-0.05, 0) is 70.6 Å². The molecule has 6 aromatic rings. The largest absolute Gasteiger partial charge is 0.309 e. The Morgan fingerprint density at radius 3 is 1.95 bits per heavy atom. The number of fused-ring (bicyclic) bond motifs is 5. The maximum atomic E-state index is 4.87. The van der Waals surface area contributed by atoms with E-state index in [2.05, 4.69) is 131 Å². The molecule has 1 aromatic heterocycles. The fourth-order valence-corrected chi connectivity index (χ4v) is 6.72. The van der Waals surface area contributed by atoms with Crippen molar-refractivity contribution in [2.24, 2.45) is 9.98 Å². The van der Waals surface area contributed by atoms with Crippen molar-refractivity contribution in [3.05, 3.63) is 90.5 Å². The second kappa shape index (κ2) is 9.30. The molecule has 43 heavy (non-hydrogen) atoms. The van der Waals surface area contributed by atoms with Gasteiger partial charge in [0.05, 0.1) is 38.8 Å². The predicted molar refractivity (Wildman–Crippen MR) is 183 cm³/mol. The number of nitrogens with zero attached hydrogens (tertiary/aromatic N) is 5. The molecule has 1 aliphatic heterocycles. The van der Waals surface area contributed by atoms with E-state index in [0.29, 0.717) is 0 Å². The van der Waals surface area contributed by atoms with Crippen molar-refractivity contribution >= 4 is 85.0 Å². The van der Waals surface area contributed by atoms with Gasteiger partial charge in [-0.2, -0.15) is 9.98 Å². The molecule has 0 radical (unpaired) electrons. The van der Waals surface area contributed by atoms with Crippen LogP contribution in [0.3, 0.4) is 0 Å². The van der Waals surface area contributed by atoms with Gasteiger partial charge in [0, 0.05) is 32.8 Å². The summed E-state index contributed by atoms with van der Waals surface area (Å²) in [6, 6.07) is 30.7. The van der Waals surface area contributed by atoms with E-state index < -0.39 is 0 Å². The number of aliphatic imine (C=N–C) groups is 2. The van der Waals surface area contributed by atoms with Gasteiger partial charge >= 0.3 is 0 Å². The summed E-state index contributed by atoms with van der Waals surface area (Å²) in [5.41, 5.74) is 10.7. The lowest BCUT2D eigenvalue weighted by Crippen LogP contribution is -2.18. The maximum Gasteiger partial charge on any atom is 0.209 e. The van der Waals surface area contributed by atoms with E-state index in [4.69, 9.17) is 34.4 Å². The summed E-state index contributed by atoms with van der Waals surface area (Å²) in [5.74, 6) is 0.554. The first-order valence-electron chi connectivity index (χ1n) is 14.0. The Morgan fingerprint density at radius 2 is 1.26 bits per heavy atom. The van der Waals surface area contributed by atoms with Crippen LogP contribution in [0.1, 0.15) is 26.3 Å². The van der Waals surface area contributed by atoms with Gasteiger partial charge in [-0.25, -0.2) is 9.97 Å². The highest BCUT2D eigenvalue weighted by Crippen LogP contribution is 2.55. The predicted octanol–water partition coefficient (Wildman–Crippen LogP) is 10.6. The Hall–Kier alpha value is -4.90. The first kappa shape index (κ1) is 25.8. The normalized spacial score (nSPS) is 12.5. The lowest BCUT2D eigenvalue weighted by molar-refractivity contribution is 0.590.